The van der Waals surface area contributed by atoms with Crippen molar-refractivity contribution in [2.45, 2.75) is 57.5 Å². The van der Waals surface area contributed by atoms with E-state index in [9.17, 15) is 8.42 Å². The Balaban J connectivity index is 1.93. The van der Waals surface area contributed by atoms with Gasteiger partial charge in [0.1, 0.15) is 0 Å². The number of hydrogen-bond donors (Lipinski definition) is 2. The first kappa shape index (κ1) is 17.1. The van der Waals surface area contributed by atoms with Gasteiger partial charge in [0.2, 0.25) is 0 Å². The summed E-state index contributed by atoms with van der Waals surface area (Å²) in [6, 6.07) is 0.109. The van der Waals surface area contributed by atoms with Crippen molar-refractivity contribution in [3.8, 4) is 0 Å². The summed E-state index contributed by atoms with van der Waals surface area (Å²) < 4.78 is 35.1. The summed E-state index contributed by atoms with van der Waals surface area (Å²) in [6.07, 6.45) is 5.63. The molecule has 0 aromatic carbocycles. The molecule has 2 N–H and O–H groups in total. The molecule has 21 heavy (non-hydrogen) atoms. The Morgan fingerprint density at radius 3 is 2.67 bits per heavy atom. The van der Waals surface area contributed by atoms with E-state index < -0.39 is 10.2 Å². The van der Waals surface area contributed by atoms with Crippen molar-refractivity contribution in [1.82, 2.24) is 14.3 Å². The molecule has 7 heteroatoms. The van der Waals surface area contributed by atoms with Gasteiger partial charge in [0, 0.05) is 38.4 Å². The predicted octanol–water partition coefficient (Wildman–Crippen LogP) is 0.854. The number of nitrogens with zero attached hydrogens (tertiary/aromatic N) is 1. The highest BCUT2D eigenvalue weighted by atomic mass is 32.2. The van der Waals surface area contributed by atoms with Gasteiger partial charge in [0.25, 0.3) is 10.2 Å². The van der Waals surface area contributed by atoms with Crippen molar-refractivity contribution in [1.29, 1.82) is 0 Å². The Morgan fingerprint density at radius 2 is 1.95 bits per heavy atom. The van der Waals surface area contributed by atoms with Crippen LogP contribution in [0.3, 0.4) is 0 Å². The molecule has 0 aromatic heterocycles. The Bertz CT molecular complexity index is 396. The molecule has 0 aromatic rings. The number of hydrogen-bond acceptors (Lipinski definition) is 4. The van der Waals surface area contributed by atoms with Crippen molar-refractivity contribution < 1.29 is 13.2 Å². The van der Waals surface area contributed by atoms with Gasteiger partial charge < -0.3 is 10.1 Å². The number of nitrogens with one attached hydrogen (secondary N) is 2. The normalized spacial score (nSPS) is 26.0. The average Bonchev–Trinajstić information content (AvgIpc) is 2.48. The minimum absolute atomic E-state index is 0.0231. The van der Waals surface area contributed by atoms with Gasteiger partial charge in [0.05, 0.1) is 0 Å². The lowest BCUT2D eigenvalue weighted by Crippen LogP contribution is -2.54. The van der Waals surface area contributed by atoms with Crippen LogP contribution < -0.4 is 10.0 Å². The highest BCUT2D eigenvalue weighted by molar-refractivity contribution is 7.87. The topological polar surface area (TPSA) is 70.7 Å². The molecule has 2 heterocycles. The molecule has 2 fully saturated rings. The molecule has 0 radical (unpaired) electrons. The minimum Gasteiger partial charge on any atom is -0.381 e. The van der Waals surface area contributed by atoms with Crippen LogP contribution in [-0.2, 0) is 14.9 Å². The Morgan fingerprint density at radius 1 is 1.19 bits per heavy atom. The van der Waals surface area contributed by atoms with Crippen LogP contribution in [0.4, 0.5) is 0 Å². The van der Waals surface area contributed by atoms with E-state index in [1.165, 1.54) is 0 Å². The summed E-state index contributed by atoms with van der Waals surface area (Å²) in [5.41, 5.74) is 0. The van der Waals surface area contributed by atoms with E-state index >= 15 is 0 Å². The zero-order valence-corrected chi connectivity index (χ0v) is 13.8. The summed E-state index contributed by atoms with van der Waals surface area (Å²) in [6.45, 7) is 5.75. The summed E-state index contributed by atoms with van der Waals surface area (Å²) in [5.74, 6) is 0. The minimum atomic E-state index is -3.38. The molecule has 0 spiro atoms. The van der Waals surface area contributed by atoms with Gasteiger partial charge in [-0.05, 0) is 38.6 Å². The predicted molar refractivity (Wildman–Crippen MR) is 83.4 cm³/mol. The van der Waals surface area contributed by atoms with Crippen LogP contribution in [0.1, 0.15) is 45.4 Å². The smallest absolute Gasteiger partial charge is 0.279 e. The second-order valence-electron chi connectivity index (χ2n) is 5.97. The largest absolute Gasteiger partial charge is 0.381 e. The zero-order valence-electron chi connectivity index (χ0n) is 13.0. The van der Waals surface area contributed by atoms with Gasteiger partial charge in [-0.15, -0.1) is 0 Å². The maximum atomic E-state index is 12.6. The Labute approximate surface area is 128 Å². The molecule has 0 bridgehead atoms. The molecular weight excluding hydrogens is 290 g/mol. The average molecular weight is 319 g/mol. The molecule has 0 amide bonds. The van der Waals surface area contributed by atoms with E-state index in [-0.39, 0.29) is 12.1 Å². The van der Waals surface area contributed by atoms with Gasteiger partial charge in [0.15, 0.2) is 0 Å². The third-order valence-electron chi connectivity index (χ3n) is 4.23. The molecule has 0 saturated carbocycles. The lowest BCUT2D eigenvalue weighted by Gasteiger charge is -2.36. The molecule has 2 aliphatic rings. The highest BCUT2D eigenvalue weighted by Crippen LogP contribution is 2.20. The zero-order chi connectivity index (χ0) is 15.1. The number of piperidine rings is 1. The molecule has 1 atom stereocenters. The maximum absolute atomic E-state index is 12.6. The Kier molecular flexibility index (Phi) is 6.88. The monoisotopic (exact) mass is 319 g/mol. The highest BCUT2D eigenvalue weighted by Gasteiger charge is 2.33. The van der Waals surface area contributed by atoms with Gasteiger partial charge in [-0.25, -0.2) is 0 Å². The molecule has 2 rings (SSSR count). The van der Waals surface area contributed by atoms with Gasteiger partial charge in [-0.1, -0.05) is 13.3 Å². The van der Waals surface area contributed by atoms with Crippen LogP contribution in [0.15, 0.2) is 0 Å². The number of ether oxygens (including phenoxy) is 1. The molecule has 0 aliphatic carbocycles. The van der Waals surface area contributed by atoms with Crippen molar-refractivity contribution in [3.63, 3.8) is 0 Å². The first-order valence-corrected chi connectivity index (χ1v) is 9.65. The standard InChI is InChI=1S/C14H29N3O3S/c1-2-8-15-12-14-5-3-4-9-17(14)21(18,19)16-13-6-10-20-11-7-13/h13-16H,2-12H2,1H3. The van der Waals surface area contributed by atoms with E-state index in [2.05, 4.69) is 17.0 Å². The van der Waals surface area contributed by atoms with Gasteiger partial charge >= 0.3 is 0 Å². The van der Waals surface area contributed by atoms with E-state index in [0.717, 1.165) is 51.6 Å². The van der Waals surface area contributed by atoms with Crippen molar-refractivity contribution in [2.75, 3.05) is 32.8 Å². The molecule has 2 saturated heterocycles. The number of rotatable bonds is 7. The SMILES string of the molecule is CCCNCC1CCCCN1S(=O)(=O)NC1CCOCC1. The third kappa shape index (κ3) is 5.17. The van der Waals surface area contributed by atoms with Crippen molar-refractivity contribution in [2.24, 2.45) is 0 Å². The summed E-state index contributed by atoms with van der Waals surface area (Å²) >= 11 is 0. The first-order chi connectivity index (χ1) is 10.1. The van der Waals surface area contributed by atoms with E-state index in [1.807, 2.05) is 0 Å². The summed E-state index contributed by atoms with van der Waals surface area (Å²) in [7, 11) is -3.38. The molecule has 6 nitrogen and oxygen atoms in total. The van der Waals surface area contributed by atoms with Crippen molar-refractivity contribution in [3.05, 3.63) is 0 Å². The van der Waals surface area contributed by atoms with Crippen LogP contribution >= 0.6 is 0 Å². The van der Waals surface area contributed by atoms with Crippen LogP contribution in [0.2, 0.25) is 0 Å². The van der Waals surface area contributed by atoms with Gasteiger partial charge in [-0.3, -0.25) is 0 Å². The van der Waals surface area contributed by atoms with Crippen LogP contribution in [0.5, 0.6) is 0 Å². The van der Waals surface area contributed by atoms with Crippen LogP contribution in [-0.4, -0.2) is 57.7 Å². The van der Waals surface area contributed by atoms with Crippen LogP contribution in [0.25, 0.3) is 0 Å². The van der Waals surface area contributed by atoms with Crippen LogP contribution in [0, 0.1) is 0 Å². The molecule has 1 unspecified atom stereocenters. The summed E-state index contributed by atoms with van der Waals surface area (Å²) in [4.78, 5) is 0. The lowest BCUT2D eigenvalue weighted by atomic mass is 10.1. The fraction of sp³-hybridized carbons (Fsp3) is 1.00. The van der Waals surface area contributed by atoms with E-state index in [1.54, 1.807) is 4.31 Å². The Hall–Kier alpha value is -0.210. The van der Waals surface area contributed by atoms with E-state index in [4.69, 9.17) is 4.74 Å². The molecule has 124 valence electrons. The molecule has 2 aliphatic heterocycles. The summed E-state index contributed by atoms with van der Waals surface area (Å²) in [5, 5.41) is 3.36. The first-order valence-electron chi connectivity index (χ1n) is 8.21. The fourth-order valence-electron chi connectivity index (χ4n) is 3.03. The lowest BCUT2D eigenvalue weighted by molar-refractivity contribution is 0.0824. The quantitative estimate of drug-likeness (QED) is 0.683. The maximum Gasteiger partial charge on any atom is 0.279 e. The third-order valence-corrected chi connectivity index (χ3v) is 5.95. The molecular formula is C14H29N3O3S. The second kappa shape index (κ2) is 8.43. The van der Waals surface area contributed by atoms with E-state index in [0.29, 0.717) is 19.8 Å². The van der Waals surface area contributed by atoms with Crippen molar-refractivity contribution >= 4 is 10.2 Å². The fourth-order valence-corrected chi connectivity index (χ4v) is 4.77. The second-order valence-corrected chi connectivity index (χ2v) is 7.63. The van der Waals surface area contributed by atoms with Gasteiger partial charge in [-0.2, -0.15) is 17.4 Å².